The van der Waals surface area contributed by atoms with Crippen molar-refractivity contribution in [3.63, 3.8) is 0 Å². The molecule has 7 nitrogen and oxygen atoms in total. The van der Waals surface area contributed by atoms with Crippen LogP contribution >= 0.6 is 0 Å². The summed E-state index contributed by atoms with van der Waals surface area (Å²) in [6.07, 6.45) is 3.76. The number of carbonyl (C=O) groups excluding carboxylic acids is 2. The zero-order valence-corrected chi connectivity index (χ0v) is 21.3. The number of nitrogens with zero attached hydrogens (tertiary/aromatic N) is 3. The molecular weight excluding hydrogens is 452 g/mol. The van der Waals surface area contributed by atoms with Crippen LogP contribution in [0.25, 0.3) is 10.9 Å². The van der Waals surface area contributed by atoms with Crippen LogP contribution < -0.4 is 4.74 Å². The first-order chi connectivity index (χ1) is 17.4. The van der Waals surface area contributed by atoms with Gasteiger partial charge in [-0.05, 0) is 76.0 Å². The highest BCUT2D eigenvalue weighted by Crippen LogP contribution is 2.49. The zero-order chi connectivity index (χ0) is 25.0. The molecule has 3 aliphatic rings. The summed E-state index contributed by atoms with van der Waals surface area (Å²) in [5.74, 6) is 0.717. The summed E-state index contributed by atoms with van der Waals surface area (Å²) in [6.45, 7) is 5.85. The Balaban J connectivity index is 1.40. The van der Waals surface area contributed by atoms with E-state index in [4.69, 9.17) is 4.74 Å². The fraction of sp³-hybridized carbons (Fsp3) is 0.448. The van der Waals surface area contributed by atoms with Crippen LogP contribution in [-0.2, 0) is 11.2 Å². The van der Waals surface area contributed by atoms with Crippen molar-refractivity contribution in [3.8, 4) is 5.75 Å². The molecule has 0 unspecified atom stereocenters. The van der Waals surface area contributed by atoms with Gasteiger partial charge in [-0.15, -0.1) is 0 Å². The molecule has 36 heavy (non-hydrogen) atoms. The molecule has 1 saturated heterocycles. The molecule has 1 N–H and O–H groups in total. The molecule has 0 spiro atoms. The molecule has 2 aliphatic heterocycles. The predicted molar refractivity (Wildman–Crippen MR) is 139 cm³/mol. The van der Waals surface area contributed by atoms with E-state index in [1.165, 1.54) is 17.7 Å². The Morgan fingerprint density at radius 2 is 1.92 bits per heavy atom. The Kier molecular flexibility index (Phi) is 5.56. The van der Waals surface area contributed by atoms with E-state index in [0.717, 1.165) is 46.4 Å². The molecule has 1 aromatic heterocycles. The molecule has 2 atom stereocenters. The van der Waals surface area contributed by atoms with Gasteiger partial charge >= 0.3 is 6.03 Å². The molecule has 3 aromatic rings. The van der Waals surface area contributed by atoms with Gasteiger partial charge in [-0.3, -0.25) is 14.6 Å². The number of aromatic amines is 1. The molecule has 0 bridgehead atoms. The molecule has 1 aliphatic carbocycles. The van der Waals surface area contributed by atoms with Crippen LogP contribution in [-0.4, -0.2) is 69.9 Å². The van der Waals surface area contributed by atoms with Crippen LogP contribution in [0.5, 0.6) is 5.75 Å². The first-order valence-corrected chi connectivity index (χ1v) is 13.1. The maximum absolute atomic E-state index is 13.9. The largest absolute Gasteiger partial charge is 0.494 e. The minimum absolute atomic E-state index is 0.0940. The summed E-state index contributed by atoms with van der Waals surface area (Å²) < 4.78 is 5.78. The number of rotatable bonds is 8. The van der Waals surface area contributed by atoms with Gasteiger partial charge in [0.15, 0.2) is 0 Å². The maximum Gasteiger partial charge on any atom is 0.328 e. The number of carbonyl (C=O) groups is 2. The maximum atomic E-state index is 13.9. The summed E-state index contributed by atoms with van der Waals surface area (Å²) >= 11 is 0. The normalized spacial score (nSPS) is 23.5. The molecular formula is C29H34N4O3. The van der Waals surface area contributed by atoms with Gasteiger partial charge in [-0.1, -0.05) is 30.3 Å². The highest BCUT2D eigenvalue weighted by atomic mass is 16.5. The third-order valence-corrected chi connectivity index (χ3v) is 8.13. The SMILES string of the molecule is CCOc1ccc2[nH]c3c(c2c1)C[C@@]1(C)C(=O)N(CCCN(C)C2CC2)C(=O)N1[C@@H]3c1ccccc1. The third kappa shape index (κ3) is 3.60. The predicted octanol–water partition coefficient (Wildman–Crippen LogP) is 4.72. The lowest BCUT2D eigenvalue weighted by atomic mass is 9.81. The number of H-pyrrole nitrogens is 1. The van der Waals surface area contributed by atoms with Crippen LogP contribution in [0.4, 0.5) is 4.79 Å². The number of amides is 3. The minimum atomic E-state index is -0.941. The number of aromatic nitrogens is 1. The third-order valence-electron chi connectivity index (χ3n) is 8.13. The van der Waals surface area contributed by atoms with Crippen LogP contribution in [0.1, 0.15) is 56.0 Å². The Morgan fingerprint density at radius 1 is 1.14 bits per heavy atom. The smallest absolute Gasteiger partial charge is 0.328 e. The second-order valence-corrected chi connectivity index (χ2v) is 10.6. The van der Waals surface area contributed by atoms with Gasteiger partial charge in [-0.25, -0.2) is 4.79 Å². The van der Waals surface area contributed by atoms with Crippen molar-refractivity contribution in [1.29, 1.82) is 0 Å². The second kappa shape index (κ2) is 8.66. The summed E-state index contributed by atoms with van der Waals surface area (Å²) in [5.41, 5.74) is 3.13. The van der Waals surface area contributed by atoms with Gasteiger partial charge in [0.1, 0.15) is 17.3 Å². The summed E-state index contributed by atoms with van der Waals surface area (Å²) in [6, 6.07) is 16.2. The van der Waals surface area contributed by atoms with Gasteiger partial charge in [0, 0.05) is 35.6 Å². The molecule has 188 valence electrons. The number of hydrogen-bond acceptors (Lipinski definition) is 4. The van der Waals surface area contributed by atoms with Crippen molar-refractivity contribution >= 4 is 22.8 Å². The Bertz CT molecular complexity index is 1310. The van der Waals surface area contributed by atoms with Crippen molar-refractivity contribution in [1.82, 2.24) is 19.7 Å². The number of fused-ring (bicyclic) bond motifs is 4. The Hall–Kier alpha value is -3.32. The van der Waals surface area contributed by atoms with Crippen molar-refractivity contribution in [2.45, 2.75) is 57.2 Å². The van der Waals surface area contributed by atoms with E-state index >= 15 is 0 Å². The molecule has 3 amide bonds. The van der Waals surface area contributed by atoms with Crippen LogP contribution in [0.2, 0.25) is 0 Å². The van der Waals surface area contributed by atoms with Gasteiger partial charge < -0.3 is 14.6 Å². The lowest BCUT2D eigenvalue weighted by molar-refractivity contribution is -0.133. The number of benzene rings is 2. The fourth-order valence-electron chi connectivity index (χ4n) is 6.10. The van der Waals surface area contributed by atoms with Gasteiger partial charge in [0.25, 0.3) is 5.91 Å². The van der Waals surface area contributed by atoms with Crippen molar-refractivity contribution in [2.24, 2.45) is 0 Å². The van der Waals surface area contributed by atoms with Crippen LogP contribution in [0.15, 0.2) is 48.5 Å². The van der Waals surface area contributed by atoms with E-state index in [1.807, 2.05) is 61.2 Å². The van der Waals surface area contributed by atoms with E-state index in [2.05, 4.69) is 23.0 Å². The minimum Gasteiger partial charge on any atom is -0.494 e. The van der Waals surface area contributed by atoms with Gasteiger partial charge in [0.2, 0.25) is 0 Å². The van der Waals surface area contributed by atoms with Gasteiger partial charge in [0.05, 0.1) is 6.61 Å². The van der Waals surface area contributed by atoms with Gasteiger partial charge in [-0.2, -0.15) is 0 Å². The summed E-state index contributed by atoms with van der Waals surface area (Å²) in [5, 5.41) is 1.06. The fourth-order valence-corrected chi connectivity index (χ4v) is 6.10. The van der Waals surface area contributed by atoms with E-state index in [1.54, 1.807) is 0 Å². The topological polar surface area (TPSA) is 68.9 Å². The Labute approximate surface area is 212 Å². The Morgan fingerprint density at radius 3 is 2.64 bits per heavy atom. The number of nitrogens with one attached hydrogen (secondary N) is 1. The average Bonchev–Trinajstić information content (AvgIpc) is 3.65. The van der Waals surface area contributed by atoms with Crippen molar-refractivity contribution < 1.29 is 14.3 Å². The first kappa shape index (κ1) is 23.1. The second-order valence-electron chi connectivity index (χ2n) is 10.6. The lowest BCUT2D eigenvalue weighted by Crippen LogP contribution is -2.53. The number of urea groups is 1. The van der Waals surface area contributed by atoms with E-state index < -0.39 is 5.54 Å². The summed E-state index contributed by atoms with van der Waals surface area (Å²) in [7, 11) is 2.13. The monoisotopic (exact) mass is 486 g/mol. The zero-order valence-electron chi connectivity index (χ0n) is 21.3. The molecule has 3 heterocycles. The highest BCUT2D eigenvalue weighted by molar-refractivity contribution is 6.08. The molecule has 0 radical (unpaired) electrons. The van der Waals surface area contributed by atoms with E-state index in [0.29, 0.717) is 25.6 Å². The quantitative estimate of drug-likeness (QED) is 0.468. The number of imide groups is 1. The number of ether oxygens (including phenoxy) is 1. The number of hydrogen-bond donors (Lipinski definition) is 1. The molecule has 6 rings (SSSR count). The standard InChI is InChI=1S/C29H34N4O3/c1-4-36-21-13-14-24-22(17-21)23-18-29(2)27(34)32(16-8-15-31(3)20-11-12-20)28(35)33(29)26(25(23)30-24)19-9-6-5-7-10-19/h5-7,9-10,13-14,17,20,26,30H,4,8,11-12,15-16,18H2,1-3H3/t26-,29+/m1/s1. The molecule has 1 saturated carbocycles. The van der Waals surface area contributed by atoms with Crippen molar-refractivity contribution in [3.05, 3.63) is 65.4 Å². The summed E-state index contributed by atoms with van der Waals surface area (Å²) in [4.78, 5) is 37.1. The highest BCUT2D eigenvalue weighted by Gasteiger charge is 2.60. The average molecular weight is 487 g/mol. The van der Waals surface area contributed by atoms with Crippen LogP contribution in [0.3, 0.4) is 0 Å². The first-order valence-electron chi connectivity index (χ1n) is 13.1. The van der Waals surface area contributed by atoms with E-state index in [9.17, 15) is 9.59 Å². The van der Waals surface area contributed by atoms with Crippen molar-refractivity contribution in [2.75, 3.05) is 26.7 Å². The van der Waals surface area contributed by atoms with E-state index in [-0.39, 0.29) is 18.0 Å². The van der Waals surface area contributed by atoms with Crippen LogP contribution in [0, 0.1) is 0 Å². The molecule has 7 heteroatoms. The lowest BCUT2D eigenvalue weighted by Gasteiger charge is -2.42. The molecule has 2 fully saturated rings. The molecule has 2 aromatic carbocycles.